The Kier molecular flexibility index (Phi) is 3.71. The summed E-state index contributed by atoms with van der Waals surface area (Å²) in [6.45, 7) is 5.18. The number of hydrogen-bond donors (Lipinski definition) is 3. The van der Waals surface area contributed by atoms with Gasteiger partial charge in [-0.15, -0.1) is 0 Å². The minimum Gasteiger partial charge on any atom is -0.369 e. The van der Waals surface area contributed by atoms with Gasteiger partial charge in [0.2, 0.25) is 23.3 Å². The van der Waals surface area contributed by atoms with Crippen LogP contribution in [0.25, 0.3) is 0 Å². The fourth-order valence-corrected chi connectivity index (χ4v) is 5.02. The molecule has 2 fully saturated rings. The molecule has 3 aliphatic heterocycles. The number of carbonyl (C=O) groups is 4. The highest BCUT2D eigenvalue weighted by molar-refractivity contribution is 6.14. The van der Waals surface area contributed by atoms with E-state index in [2.05, 4.69) is 5.32 Å². The molecule has 3 aliphatic rings. The van der Waals surface area contributed by atoms with Crippen molar-refractivity contribution in [1.29, 1.82) is 0 Å². The second-order valence-corrected chi connectivity index (χ2v) is 8.70. The SMILES string of the molecule is CC(C)(C)N1C(=O)[C@H]2[C@@H](C1=O)[C@@]1([NH2+][C@@H]2CC(N)=O)C(=O)Nc2ccc(F)cc21. The summed E-state index contributed by atoms with van der Waals surface area (Å²) in [7, 11) is 0. The maximum atomic E-state index is 14.0. The molecule has 4 rings (SSSR count). The average molecular weight is 389 g/mol. The van der Waals surface area contributed by atoms with Gasteiger partial charge in [-0.05, 0) is 39.0 Å². The lowest BCUT2D eigenvalue weighted by Gasteiger charge is -2.33. The smallest absolute Gasteiger partial charge is 0.291 e. The number of anilines is 1. The van der Waals surface area contributed by atoms with Gasteiger partial charge in [0, 0.05) is 11.1 Å². The van der Waals surface area contributed by atoms with Gasteiger partial charge in [0.1, 0.15) is 23.7 Å². The van der Waals surface area contributed by atoms with Gasteiger partial charge >= 0.3 is 0 Å². The lowest BCUT2D eigenvalue weighted by atomic mass is 9.76. The lowest BCUT2D eigenvalue weighted by molar-refractivity contribution is -0.732. The third-order valence-corrected chi connectivity index (χ3v) is 5.94. The van der Waals surface area contributed by atoms with Gasteiger partial charge in [0.25, 0.3) is 5.91 Å². The molecule has 4 amide bonds. The number of primary amides is 1. The van der Waals surface area contributed by atoms with E-state index in [0.29, 0.717) is 11.3 Å². The van der Waals surface area contributed by atoms with Crippen LogP contribution in [0.1, 0.15) is 32.8 Å². The Hall–Kier alpha value is -2.81. The van der Waals surface area contributed by atoms with Crippen LogP contribution in [-0.2, 0) is 24.7 Å². The van der Waals surface area contributed by atoms with Crippen molar-refractivity contribution in [2.24, 2.45) is 17.6 Å². The normalized spacial score (nSPS) is 31.4. The Labute approximate surface area is 160 Å². The summed E-state index contributed by atoms with van der Waals surface area (Å²) in [4.78, 5) is 52.4. The van der Waals surface area contributed by atoms with Gasteiger partial charge in [-0.25, -0.2) is 4.39 Å². The fraction of sp³-hybridized carbons (Fsp3) is 0.474. The Balaban J connectivity index is 1.92. The van der Waals surface area contributed by atoms with Crippen LogP contribution in [0.3, 0.4) is 0 Å². The molecule has 0 aliphatic carbocycles. The predicted octanol–water partition coefficient (Wildman–Crippen LogP) is -0.806. The molecule has 148 valence electrons. The first-order valence-corrected chi connectivity index (χ1v) is 9.12. The Morgan fingerprint density at radius 3 is 2.57 bits per heavy atom. The summed E-state index contributed by atoms with van der Waals surface area (Å²) in [5.74, 6) is -4.53. The minimum atomic E-state index is -1.50. The highest BCUT2D eigenvalue weighted by atomic mass is 19.1. The molecule has 2 saturated heterocycles. The van der Waals surface area contributed by atoms with Crippen molar-refractivity contribution in [2.45, 2.75) is 44.3 Å². The Bertz CT molecular complexity index is 940. The predicted molar refractivity (Wildman–Crippen MR) is 94.8 cm³/mol. The van der Waals surface area contributed by atoms with Crippen molar-refractivity contribution < 1.29 is 28.9 Å². The maximum absolute atomic E-state index is 14.0. The van der Waals surface area contributed by atoms with Crippen molar-refractivity contribution in [2.75, 3.05) is 5.32 Å². The van der Waals surface area contributed by atoms with Crippen molar-refractivity contribution in [3.8, 4) is 0 Å². The van der Waals surface area contributed by atoms with E-state index >= 15 is 0 Å². The third-order valence-electron chi connectivity index (χ3n) is 5.94. The van der Waals surface area contributed by atoms with E-state index in [4.69, 9.17) is 5.73 Å². The van der Waals surface area contributed by atoms with E-state index in [1.807, 2.05) is 0 Å². The molecule has 1 aromatic rings. The average Bonchev–Trinajstić information content (AvgIpc) is 3.12. The minimum absolute atomic E-state index is 0.169. The summed E-state index contributed by atoms with van der Waals surface area (Å²) in [5.41, 5.74) is 3.78. The number of carbonyl (C=O) groups excluding carboxylic acids is 4. The van der Waals surface area contributed by atoms with Gasteiger partial charge in [-0.1, -0.05) is 0 Å². The zero-order chi connectivity index (χ0) is 20.6. The molecule has 5 N–H and O–H groups in total. The van der Waals surface area contributed by atoms with Crippen LogP contribution in [0.5, 0.6) is 0 Å². The molecule has 1 aromatic carbocycles. The number of likely N-dealkylation sites (tertiary alicyclic amines) is 1. The number of nitrogens with one attached hydrogen (secondary N) is 1. The molecule has 0 radical (unpaired) electrons. The van der Waals surface area contributed by atoms with Crippen LogP contribution in [0, 0.1) is 17.7 Å². The summed E-state index contributed by atoms with van der Waals surface area (Å²) in [6, 6.07) is 3.18. The molecule has 28 heavy (non-hydrogen) atoms. The molecule has 1 spiro atoms. The summed E-state index contributed by atoms with van der Waals surface area (Å²) >= 11 is 0. The number of nitrogens with zero attached hydrogens (tertiary/aromatic N) is 1. The standard InChI is InChI=1S/C19H21FN4O4/c1-18(2,3)24-15(26)13-11(7-12(21)25)23-19(14(13)16(24)27)9-6-8(20)4-5-10(9)22-17(19)28/h4-6,11,13-14,23H,7H2,1-3H3,(H2,21,25)(H,22,28)/p+1/t11-,13-,14+,19-/m1/s1. The fourth-order valence-electron chi connectivity index (χ4n) is 5.02. The van der Waals surface area contributed by atoms with E-state index < -0.39 is 58.4 Å². The third kappa shape index (κ3) is 2.25. The topological polar surface area (TPSA) is 126 Å². The van der Waals surface area contributed by atoms with E-state index in [0.717, 1.165) is 4.90 Å². The van der Waals surface area contributed by atoms with Crippen molar-refractivity contribution in [3.63, 3.8) is 0 Å². The van der Waals surface area contributed by atoms with Crippen LogP contribution < -0.4 is 16.4 Å². The van der Waals surface area contributed by atoms with Gasteiger partial charge in [-0.2, -0.15) is 0 Å². The summed E-state index contributed by atoms with van der Waals surface area (Å²) < 4.78 is 14.0. The summed E-state index contributed by atoms with van der Waals surface area (Å²) in [5, 5.41) is 4.26. The first kappa shape index (κ1) is 18.5. The number of hydrogen-bond acceptors (Lipinski definition) is 4. The Morgan fingerprint density at radius 1 is 1.29 bits per heavy atom. The van der Waals surface area contributed by atoms with Gasteiger partial charge in [0.15, 0.2) is 0 Å². The van der Waals surface area contributed by atoms with Crippen LogP contribution in [0.4, 0.5) is 10.1 Å². The number of benzene rings is 1. The monoisotopic (exact) mass is 389 g/mol. The highest BCUT2D eigenvalue weighted by Gasteiger charge is 2.75. The molecular weight excluding hydrogens is 367 g/mol. The van der Waals surface area contributed by atoms with E-state index in [-0.39, 0.29) is 6.42 Å². The number of quaternary nitrogens is 1. The molecule has 4 atom stereocenters. The number of amides is 4. The van der Waals surface area contributed by atoms with Gasteiger partial charge in [-0.3, -0.25) is 24.1 Å². The van der Waals surface area contributed by atoms with Crippen LogP contribution >= 0.6 is 0 Å². The van der Waals surface area contributed by atoms with Crippen molar-refractivity contribution in [3.05, 3.63) is 29.6 Å². The van der Waals surface area contributed by atoms with Crippen LogP contribution in [0.15, 0.2) is 18.2 Å². The molecule has 0 aromatic heterocycles. The second-order valence-electron chi connectivity index (χ2n) is 8.70. The zero-order valence-corrected chi connectivity index (χ0v) is 15.8. The molecule has 0 saturated carbocycles. The number of rotatable bonds is 2. The molecular formula is C19H22FN4O4+. The largest absolute Gasteiger partial charge is 0.369 e. The number of halogens is 1. The van der Waals surface area contributed by atoms with Crippen LogP contribution in [0.2, 0.25) is 0 Å². The molecule has 0 bridgehead atoms. The quantitative estimate of drug-likeness (QED) is 0.572. The first-order valence-electron chi connectivity index (χ1n) is 9.12. The number of nitrogens with two attached hydrogens (primary N) is 2. The summed E-state index contributed by atoms with van der Waals surface area (Å²) in [6.07, 6.45) is -0.169. The number of fused-ring (bicyclic) bond motifs is 4. The maximum Gasteiger partial charge on any atom is 0.291 e. The first-order chi connectivity index (χ1) is 13.0. The Morgan fingerprint density at radius 2 is 1.96 bits per heavy atom. The van der Waals surface area contributed by atoms with Crippen molar-refractivity contribution >= 4 is 29.3 Å². The molecule has 3 heterocycles. The lowest BCUT2D eigenvalue weighted by Crippen LogP contribution is -2.99. The van der Waals surface area contributed by atoms with Gasteiger partial charge < -0.3 is 16.4 Å². The molecule has 8 nitrogen and oxygen atoms in total. The van der Waals surface area contributed by atoms with E-state index in [1.165, 1.54) is 18.2 Å². The zero-order valence-electron chi connectivity index (χ0n) is 15.8. The highest BCUT2D eigenvalue weighted by Crippen LogP contribution is 2.50. The van der Waals surface area contributed by atoms with Gasteiger partial charge in [0.05, 0.1) is 12.1 Å². The van der Waals surface area contributed by atoms with Crippen molar-refractivity contribution in [1.82, 2.24) is 4.90 Å². The molecule has 0 unspecified atom stereocenters. The van der Waals surface area contributed by atoms with E-state index in [9.17, 15) is 23.6 Å². The number of imide groups is 1. The second kappa shape index (κ2) is 5.60. The molecule has 9 heteroatoms. The van der Waals surface area contributed by atoms with E-state index in [1.54, 1.807) is 26.1 Å². The van der Waals surface area contributed by atoms with Crippen LogP contribution in [-0.4, -0.2) is 40.1 Å².